The van der Waals surface area contributed by atoms with Crippen LogP contribution in [0.2, 0.25) is 0 Å². The first-order valence-corrected chi connectivity index (χ1v) is 6.24. The number of unbranched alkanes of at least 4 members (excludes halogenated alkanes) is 1. The van der Waals surface area contributed by atoms with Crippen LogP contribution in [0.25, 0.3) is 0 Å². The van der Waals surface area contributed by atoms with E-state index in [4.69, 9.17) is 5.73 Å². The van der Waals surface area contributed by atoms with Gasteiger partial charge in [0.25, 0.3) is 0 Å². The Kier molecular flexibility index (Phi) is 7.96. The Morgan fingerprint density at radius 2 is 2.12 bits per heavy atom. The molecule has 0 aliphatic heterocycles. The average molecular weight is 327 g/mol. The molecule has 0 fully saturated rings. The van der Waals surface area contributed by atoms with Crippen LogP contribution in [0.1, 0.15) is 37.8 Å². The van der Waals surface area contributed by atoms with E-state index in [0.29, 0.717) is 16.5 Å². The van der Waals surface area contributed by atoms with E-state index in [-0.39, 0.29) is 18.2 Å². The normalized spacial score (nSPS) is 13.9. The minimum atomic E-state index is -0.627. The van der Waals surface area contributed by atoms with Gasteiger partial charge < -0.3 is 10.8 Å². The highest BCUT2D eigenvalue weighted by Gasteiger charge is 2.19. The van der Waals surface area contributed by atoms with Gasteiger partial charge in [0.05, 0.1) is 16.6 Å². The van der Waals surface area contributed by atoms with E-state index in [1.54, 1.807) is 12.1 Å². The Balaban J connectivity index is 0.00000256. The Labute approximate surface area is 116 Å². The summed E-state index contributed by atoms with van der Waals surface area (Å²) in [5.41, 5.74) is 6.52. The summed E-state index contributed by atoms with van der Waals surface area (Å²) in [4.78, 5) is 0. The molecule has 0 amide bonds. The third-order valence-corrected chi connectivity index (χ3v) is 3.45. The highest BCUT2D eigenvalue weighted by molar-refractivity contribution is 9.10. The first kappa shape index (κ1) is 16.8. The van der Waals surface area contributed by atoms with Crippen molar-refractivity contribution in [3.05, 3.63) is 34.1 Å². The molecule has 98 valence electrons. The molecule has 0 aliphatic rings. The van der Waals surface area contributed by atoms with Crippen LogP contribution in [0.3, 0.4) is 0 Å². The molecule has 0 spiro atoms. The monoisotopic (exact) mass is 325 g/mol. The summed E-state index contributed by atoms with van der Waals surface area (Å²) in [5, 5.41) is 9.85. The molecule has 17 heavy (non-hydrogen) atoms. The lowest BCUT2D eigenvalue weighted by atomic mass is 9.98. The Morgan fingerprint density at radius 3 is 2.71 bits per heavy atom. The first-order chi connectivity index (χ1) is 7.57. The maximum absolute atomic E-state index is 13.3. The summed E-state index contributed by atoms with van der Waals surface area (Å²) in [6.45, 7) is 2.05. The van der Waals surface area contributed by atoms with E-state index < -0.39 is 12.1 Å². The van der Waals surface area contributed by atoms with Crippen molar-refractivity contribution in [2.75, 3.05) is 0 Å². The number of aliphatic hydroxyl groups is 1. The number of rotatable bonds is 5. The highest BCUT2D eigenvalue weighted by Crippen LogP contribution is 2.27. The number of hydrogen-bond donors (Lipinski definition) is 2. The zero-order valence-electron chi connectivity index (χ0n) is 9.70. The highest BCUT2D eigenvalue weighted by atomic mass is 79.9. The molecule has 0 heterocycles. The van der Waals surface area contributed by atoms with Gasteiger partial charge in [0, 0.05) is 0 Å². The van der Waals surface area contributed by atoms with Crippen molar-refractivity contribution in [3.63, 3.8) is 0 Å². The second-order valence-corrected chi connectivity index (χ2v) is 4.67. The largest absolute Gasteiger partial charge is 0.391 e. The van der Waals surface area contributed by atoms with E-state index in [2.05, 4.69) is 22.9 Å². The van der Waals surface area contributed by atoms with Crippen molar-refractivity contribution < 1.29 is 9.50 Å². The quantitative estimate of drug-likeness (QED) is 0.869. The van der Waals surface area contributed by atoms with E-state index in [1.165, 1.54) is 6.07 Å². The molecule has 3 N–H and O–H groups in total. The minimum Gasteiger partial charge on any atom is -0.391 e. The summed E-state index contributed by atoms with van der Waals surface area (Å²) in [7, 11) is 0. The lowest BCUT2D eigenvalue weighted by Crippen LogP contribution is -2.26. The molecule has 0 saturated carbocycles. The molecule has 0 radical (unpaired) electrons. The maximum atomic E-state index is 13.3. The average Bonchev–Trinajstić information content (AvgIpc) is 2.28. The Morgan fingerprint density at radius 1 is 1.47 bits per heavy atom. The summed E-state index contributed by atoms with van der Waals surface area (Å²) >= 11 is 3.15. The van der Waals surface area contributed by atoms with Gasteiger partial charge in [-0.15, -0.1) is 12.4 Å². The van der Waals surface area contributed by atoms with Crippen molar-refractivity contribution in [1.82, 2.24) is 0 Å². The van der Waals surface area contributed by atoms with Gasteiger partial charge in [-0.1, -0.05) is 31.9 Å². The summed E-state index contributed by atoms with van der Waals surface area (Å²) in [6, 6.07) is 4.14. The molecule has 0 saturated heterocycles. The smallest absolute Gasteiger partial charge is 0.137 e. The number of hydrogen-bond acceptors (Lipinski definition) is 2. The molecule has 0 aromatic heterocycles. The fourth-order valence-corrected chi connectivity index (χ4v) is 2.11. The van der Waals surface area contributed by atoms with Crippen molar-refractivity contribution in [3.8, 4) is 0 Å². The lowest BCUT2D eigenvalue weighted by molar-refractivity contribution is 0.132. The van der Waals surface area contributed by atoms with Gasteiger partial charge >= 0.3 is 0 Å². The standard InChI is InChI=1S/C12H17BrFNO.ClH/c1-2-3-7-10(16)12(15)8-5-4-6-9(14)11(8)13;/h4-6,10,12,16H,2-3,7,15H2,1H3;1H/t10-,12+;/m0./s1. The fourth-order valence-electron chi connectivity index (χ4n) is 1.58. The number of aliphatic hydroxyl groups excluding tert-OH is 1. The lowest BCUT2D eigenvalue weighted by Gasteiger charge is -2.20. The Bertz CT molecular complexity index is 351. The molecule has 2 nitrogen and oxygen atoms in total. The van der Waals surface area contributed by atoms with Gasteiger partial charge in [-0.05, 0) is 34.0 Å². The van der Waals surface area contributed by atoms with E-state index in [9.17, 15) is 9.50 Å². The SMILES string of the molecule is CCCC[C@H](O)[C@H](N)c1cccc(F)c1Br.Cl. The van der Waals surface area contributed by atoms with Crippen molar-refractivity contribution in [1.29, 1.82) is 0 Å². The van der Waals surface area contributed by atoms with Crippen LogP contribution in [0.5, 0.6) is 0 Å². The molecule has 1 aromatic rings. The number of benzene rings is 1. The molecule has 1 aromatic carbocycles. The van der Waals surface area contributed by atoms with E-state index >= 15 is 0 Å². The Hall–Kier alpha value is -0.160. The second kappa shape index (κ2) is 8.03. The van der Waals surface area contributed by atoms with Crippen molar-refractivity contribution in [2.24, 2.45) is 5.73 Å². The molecule has 1 rings (SSSR count). The summed E-state index contributed by atoms with van der Waals surface area (Å²) < 4.78 is 13.6. The van der Waals surface area contributed by atoms with Gasteiger partial charge in [0.15, 0.2) is 0 Å². The maximum Gasteiger partial charge on any atom is 0.137 e. The van der Waals surface area contributed by atoms with E-state index in [0.717, 1.165) is 12.8 Å². The summed E-state index contributed by atoms with van der Waals surface area (Å²) in [6.07, 6.45) is 1.94. The van der Waals surface area contributed by atoms with Crippen LogP contribution >= 0.6 is 28.3 Å². The third-order valence-electron chi connectivity index (χ3n) is 2.61. The predicted octanol–water partition coefficient (Wildman–Crippen LogP) is 3.56. The van der Waals surface area contributed by atoms with Crippen molar-refractivity contribution in [2.45, 2.75) is 38.3 Å². The van der Waals surface area contributed by atoms with Crippen molar-refractivity contribution >= 4 is 28.3 Å². The van der Waals surface area contributed by atoms with Gasteiger partial charge in [-0.3, -0.25) is 0 Å². The van der Waals surface area contributed by atoms with Crippen LogP contribution in [0, 0.1) is 5.82 Å². The topological polar surface area (TPSA) is 46.2 Å². The molecular weight excluding hydrogens is 308 g/mol. The minimum absolute atomic E-state index is 0. The van der Waals surface area contributed by atoms with Gasteiger partial charge in [-0.2, -0.15) is 0 Å². The fraction of sp³-hybridized carbons (Fsp3) is 0.500. The number of nitrogens with two attached hydrogens (primary N) is 1. The van der Waals surface area contributed by atoms with Crippen LogP contribution in [-0.2, 0) is 0 Å². The molecule has 0 unspecified atom stereocenters. The van der Waals surface area contributed by atoms with Crippen LogP contribution in [-0.4, -0.2) is 11.2 Å². The van der Waals surface area contributed by atoms with Crippen LogP contribution in [0.15, 0.2) is 22.7 Å². The second-order valence-electron chi connectivity index (χ2n) is 3.88. The first-order valence-electron chi connectivity index (χ1n) is 5.45. The third kappa shape index (κ3) is 4.54. The summed E-state index contributed by atoms with van der Waals surface area (Å²) in [5.74, 6) is -0.351. The van der Waals surface area contributed by atoms with Crippen LogP contribution in [0.4, 0.5) is 4.39 Å². The molecular formula is C12H18BrClFNO. The van der Waals surface area contributed by atoms with Gasteiger partial charge in [0.1, 0.15) is 5.82 Å². The van der Waals surface area contributed by atoms with Gasteiger partial charge in [0.2, 0.25) is 0 Å². The predicted molar refractivity (Wildman–Crippen MR) is 73.8 cm³/mol. The molecule has 0 aliphatic carbocycles. The molecule has 5 heteroatoms. The molecule has 2 atom stereocenters. The van der Waals surface area contributed by atoms with E-state index in [1.807, 2.05) is 0 Å². The van der Waals surface area contributed by atoms with Crippen LogP contribution < -0.4 is 5.73 Å². The number of halogens is 3. The van der Waals surface area contributed by atoms with Gasteiger partial charge in [-0.25, -0.2) is 4.39 Å². The zero-order valence-corrected chi connectivity index (χ0v) is 12.1. The molecule has 0 bridgehead atoms. The zero-order chi connectivity index (χ0) is 12.1.